The molecule has 0 aliphatic carbocycles. The molecule has 2 amide bonds. The highest BCUT2D eigenvalue weighted by atomic mass is 16.5. The van der Waals surface area contributed by atoms with E-state index in [9.17, 15) is 9.59 Å². The minimum Gasteiger partial charge on any atom is -0.362 e. The summed E-state index contributed by atoms with van der Waals surface area (Å²) in [6.07, 6.45) is 3.29. The van der Waals surface area contributed by atoms with E-state index in [2.05, 4.69) is 19.2 Å². The first-order valence-corrected chi connectivity index (χ1v) is 8.31. The Morgan fingerprint density at radius 1 is 1.09 bits per heavy atom. The molecule has 2 rings (SSSR count). The molecule has 1 aliphatic heterocycles. The zero-order valence-electron chi connectivity index (χ0n) is 14.0. The summed E-state index contributed by atoms with van der Waals surface area (Å²) in [6, 6.07) is 7.76. The first-order chi connectivity index (χ1) is 11.1. The van der Waals surface area contributed by atoms with Crippen LogP contribution in [0.3, 0.4) is 0 Å². The minimum atomic E-state index is -0.242. The number of anilines is 1. The molecule has 1 fully saturated rings. The van der Waals surface area contributed by atoms with Crippen molar-refractivity contribution in [3.63, 3.8) is 0 Å². The molecule has 1 aromatic rings. The van der Waals surface area contributed by atoms with Crippen LogP contribution >= 0.6 is 0 Å². The van der Waals surface area contributed by atoms with Gasteiger partial charge in [0.1, 0.15) is 13.2 Å². The van der Waals surface area contributed by atoms with E-state index in [0.29, 0.717) is 5.92 Å². The third kappa shape index (κ3) is 5.67. The van der Waals surface area contributed by atoms with E-state index in [1.807, 2.05) is 29.2 Å². The number of carbonyl (C=O) groups excluding carboxylic acids is 2. The van der Waals surface area contributed by atoms with E-state index < -0.39 is 0 Å². The normalized spacial score (nSPS) is 14.8. The van der Waals surface area contributed by atoms with Gasteiger partial charge in [-0.1, -0.05) is 26.0 Å². The second-order valence-corrected chi connectivity index (χ2v) is 6.26. The van der Waals surface area contributed by atoms with E-state index in [-0.39, 0.29) is 25.0 Å². The van der Waals surface area contributed by atoms with Gasteiger partial charge in [-0.2, -0.15) is 0 Å². The number of piperidine rings is 1. The molecular formula is C18H26N2O3. The highest BCUT2D eigenvalue weighted by Crippen LogP contribution is 2.17. The largest absolute Gasteiger partial charge is 0.362 e. The van der Waals surface area contributed by atoms with Gasteiger partial charge in [0.2, 0.25) is 11.8 Å². The van der Waals surface area contributed by atoms with Crippen molar-refractivity contribution in [2.24, 2.45) is 0 Å². The molecule has 0 spiro atoms. The van der Waals surface area contributed by atoms with E-state index in [1.165, 1.54) is 12.0 Å². The monoisotopic (exact) mass is 318 g/mol. The molecule has 1 N–H and O–H groups in total. The summed E-state index contributed by atoms with van der Waals surface area (Å²) in [5, 5.41) is 2.77. The maximum absolute atomic E-state index is 11.9. The molecule has 0 aromatic heterocycles. The van der Waals surface area contributed by atoms with Crippen molar-refractivity contribution in [2.75, 3.05) is 31.6 Å². The SMILES string of the molecule is CC(C)c1ccc(NC(=O)COCC(=O)N2CCCCC2)cc1. The van der Waals surface area contributed by atoms with Crippen molar-refractivity contribution in [1.82, 2.24) is 4.90 Å². The van der Waals surface area contributed by atoms with E-state index in [0.717, 1.165) is 31.6 Å². The molecular weight excluding hydrogens is 292 g/mol. The highest BCUT2D eigenvalue weighted by Gasteiger charge is 2.16. The zero-order valence-corrected chi connectivity index (χ0v) is 14.0. The van der Waals surface area contributed by atoms with Crippen LogP contribution in [0, 0.1) is 0 Å². The Kier molecular flexibility index (Phi) is 6.59. The molecule has 0 saturated carbocycles. The molecule has 1 heterocycles. The maximum atomic E-state index is 11.9. The molecule has 1 aliphatic rings. The number of amides is 2. The van der Waals surface area contributed by atoms with Gasteiger partial charge in [0.15, 0.2) is 0 Å². The fraction of sp³-hybridized carbons (Fsp3) is 0.556. The van der Waals surface area contributed by atoms with Crippen molar-refractivity contribution in [1.29, 1.82) is 0 Å². The Morgan fingerprint density at radius 3 is 2.35 bits per heavy atom. The van der Waals surface area contributed by atoms with Crippen LogP contribution in [0.25, 0.3) is 0 Å². The van der Waals surface area contributed by atoms with Crippen LogP contribution < -0.4 is 5.32 Å². The van der Waals surface area contributed by atoms with Crippen molar-refractivity contribution in [3.05, 3.63) is 29.8 Å². The van der Waals surface area contributed by atoms with Gasteiger partial charge >= 0.3 is 0 Å². The van der Waals surface area contributed by atoms with Gasteiger partial charge in [-0.25, -0.2) is 0 Å². The fourth-order valence-electron chi connectivity index (χ4n) is 2.61. The van der Waals surface area contributed by atoms with E-state index in [4.69, 9.17) is 4.74 Å². The predicted octanol–water partition coefficient (Wildman–Crippen LogP) is 2.78. The summed E-state index contributed by atoms with van der Waals surface area (Å²) in [7, 11) is 0. The number of hydrogen-bond donors (Lipinski definition) is 1. The maximum Gasteiger partial charge on any atom is 0.250 e. The van der Waals surface area contributed by atoms with Crippen molar-refractivity contribution < 1.29 is 14.3 Å². The predicted molar refractivity (Wildman–Crippen MR) is 90.4 cm³/mol. The molecule has 23 heavy (non-hydrogen) atoms. The van der Waals surface area contributed by atoms with Crippen molar-refractivity contribution >= 4 is 17.5 Å². The highest BCUT2D eigenvalue weighted by molar-refractivity contribution is 5.91. The first kappa shape index (κ1) is 17.5. The van der Waals surface area contributed by atoms with E-state index >= 15 is 0 Å². The van der Waals surface area contributed by atoms with Crippen molar-refractivity contribution in [3.8, 4) is 0 Å². The molecule has 126 valence electrons. The van der Waals surface area contributed by atoms with Gasteiger partial charge in [0.25, 0.3) is 0 Å². The number of likely N-dealkylation sites (tertiary alicyclic amines) is 1. The quantitative estimate of drug-likeness (QED) is 0.877. The van der Waals surface area contributed by atoms with Crippen LogP contribution in [0.1, 0.15) is 44.6 Å². The van der Waals surface area contributed by atoms with Crippen LogP contribution in [0.4, 0.5) is 5.69 Å². The average molecular weight is 318 g/mol. The second-order valence-electron chi connectivity index (χ2n) is 6.26. The van der Waals surface area contributed by atoms with Gasteiger partial charge in [0.05, 0.1) is 0 Å². The number of rotatable bonds is 6. The Bertz CT molecular complexity index is 520. The molecule has 5 heteroatoms. The fourth-order valence-corrected chi connectivity index (χ4v) is 2.61. The van der Waals surface area contributed by atoms with Crippen molar-refractivity contribution in [2.45, 2.75) is 39.0 Å². The van der Waals surface area contributed by atoms with Crippen LogP contribution in [0.15, 0.2) is 24.3 Å². The summed E-state index contributed by atoms with van der Waals surface area (Å²) in [4.78, 5) is 25.5. The third-order valence-electron chi connectivity index (χ3n) is 4.03. The standard InChI is InChI=1S/C18H26N2O3/c1-14(2)15-6-8-16(9-7-15)19-17(21)12-23-13-18(22)20-10-4-3-5-11-20/h6-9,14H,3-5,10-13H2,1-2H3,(H,19,21). The van der Waals surface area contributed by atoms with Gasteiger partial charge in [-0.15, -0.1) is 0 Å². The smallest absolute Gasteiger partial charge is 0.250 e. The van der Waals surface area contributed by atoms with Crippen LogP contribution in [0.2, 0.25) is 0 Å². The average Bonchev–Trinajstić information content (AvgIpc) is 2.56. The van der Waals surface area contributed by atoms with Gasteiger partial charge in [-0.3, -0.25) is 9.59 Å². The Labute approximate surface area is 138 Å². The summed E-state index contributed by atoms with van der Waals surface area (Å²) in [5.41, 5.74) is 1.97. The number of ether oxygens (including phenoxy) is 1. The van der Waals surface area contributed by atoms with Crippen LogP contribution in [0.5, 0.6) is 0 Å². The van der Waals surface area contributed by atoms with Gasteiger partial charge in [-0.05, 0) is 42.9 Å². The number of benzene rings is 1. The van der Waals surface area contributed by atoms with Crippen LogP contribution in [-0.4, -0.2) is 43.0 Å². The summed E-state index contributed by atoms with van der Waals surface area (Å²) < 4.78 is 5.24. The van der Waals surface area contributed by atoms with E-state index in [1.54, 1.807) is 0 Å². The third-order valence-corrected chi connectivity index (χ3v) is 4.03. The molecule has 0 radical (unpaired) electrons. The lowest BCUT2D eigenvalue weighted by Gasteiger charge is -2.26. The molecule has 5 nitrogen and oxygen atoms in total. The number of carbonyl (C=O) groups is 2. The summed E-state index contributed by atoms with van der Waals surface area (Å²) >= 11 is 0. The molecule has 0 bridgehead atoms. The molecule has 0 unspecified atom stereocenters. The first-order valence-electron chi connectivity index (χ1n) is 8.31. The zero-order chi connectivity index (χ0) is 16.7. The number of nitrogens with zero attached hydrogens (tertiary/aromatic N) is 1. The lowest BCUT2D eigenvalue weighted by Crippen LogP contribution is -2.38. The summed E-state index contributed by atoms with van der Waals surface area (Å²) in [6.45, 7) is 5.72. The lowest BCUT2D eigenvalue weighted by atomic mass is 10.0. The molecule has 1 aromatic carbocycles. The number of nitrogens with one attached hydrogen (secondary N) is 1. The Hall–Kier alpha value is -1.88. The van der Waals surface area contributed by atoms with Gasteiger partial charge in [0, 0.05) is 18.8 Å². The lowest BCUT2D eigenvalue weighted by molar-refractivity contribution is -0.138. The minimum absolute atomic E-state index is 0.0281. The summed E-state index contributed by atoms with van der Waals surface area (Å²) in [5.74, 6) is 0.191. The molecule has 0 atom stereocenters. The number of hydrogen-bond acceptors (Lipinski definition) is 3. The Morgan fingerprint density at radius 2 is 1.74 bits per heavy atom. The second kappa shape index (κ2) is 8.67. The molecule has 1 saturated heterocycles. The topological polar surface area (TPSA) is 58.6 Å². The van der Waals surface area contributed by atoms with Crippen LogP contribution in [-0.2, 0) is 14.3 Å². The van der Waals surface area contributed by atoms with Gasteiger partial charge < -0.3 is 15.0 Å². The Balaban J connectivity index is 1.69.